The first-order valence-corrected chi connectivity index (χ1v) is 9.79. The molecule has 0 aliphatic heterocycles. The number of hydrogen-bond acceptors (Lipinski definition) is 4. The Morgan fingerprint density at radius 1 is 1.23 bits per heavy atom. The highest BCUT2D eigenvalue weighted by Crippen LogP contribution is 2.34. The van der Waals surface area contributed by atoms with Crippen LogP contribution < -0.4 is 0 Å². The maximum Gasteiger partial charge on any atom is 0.572 e. The van der Waals surface area contributed by atoms with E-state index in [-0.39, 0.29) is 36.2 Å². The van der Waals surface area contributed by atoms with Crippen LogP contribution in [0.3, 0.4) is 0 Å². The Morgan fingerprint density at radius 2 is 1.90 bits per heavy atom. The molecule has 0 aromatic rings. The molecule has 2 aliphatic carbocycles. The molecule has 2 aliphatic rings. The van der Waals surface area contributed by atoms with E-state index in [4.69, 9.17) is 4.74 Å². The first-order chi connectivity index (χ1) is 13.8. The van der Waals surface area contributed by atoms with Gasteiger partial charge in [-0.25, -0.2) is 4.79 Å². The summed E-state index contributed by atoms with van der Waals surface area (Å²) in [7, 11) is 0. The maximum absolute atomic E-state index is 12.4. The van der Waals surface area contributed by atoms with E-state index in [1.165, 1.54) is 26.0 Å². The number of carboxylic acid groups (broad SMARTS) is 1. The molecule has 0 bridgehead atoms. The van der Waals surface area contributed by atoms with Crippen LogP contribution in [0.25, 0.3) is 0 Å². The molecule has 0 aromatic carbocycles. The molecule has 8 heteroatoms. The lowest BCUT2D eigenvalue weighted by Crippen LogP contribution is -2.36. The Hall–Kier alpha value is -2.51. The molecule has 166 valence electrons. The zero-order valence-corrected chi connectivity index (χ0v) is 17.5. The number of ether oxygens (including phenoxy) is 2. The summed E-state index contributed by atoms with van der Waals surface area (Å²) < 4.78 is 46.4. The Morgan fingerprint density at radius 3 is 2.40 bits per heavy atom. The molecule has 2 atom stereocenters. The van der Waals surface area contributed by atoms with Crippen molar-refractivity contribution in [2.24, 2.45) is 11.8 Å². The van der Waals surface area contributed by atoms with E-state index in [2.05, 4.69) is 4.74 Å². The summed E-state index contributed by atoms with van der Waals surface area (Å²) in [5.41, 5.74) is 0.358. The molecule has 1 N–H and O–H groups in total. The number of ketones is 1. The number of carbonyl (C=O) groups is 2. The summed E-state index contributed by atoms with van der Waals surface area (Å²) in [6.07, 6.45) is 2.84. The summed E-state index contributed by atoms with van der Waals surface area (Å²) in [4.78, 5) is 23.7. The molecule has 2 rings (SSSR count). The zero-order chi connectivity index (χ0) is 22.7. The third kappa shape index (κ3) is 6.50. The second-order valence-corrected chi connectivity index (χ2v) is 8.21. The molecular formula is C22H27F3O5. The highest BCUT2D eigenvalue weighted by Gasteiger charge is 2.34. The van der Waals surface area contributed by atoms with Crippen LogP contribution in [-0.4, -0.2) is 28.8 Å². The van der Waals surface area contributed by atoms with Crippen LogP contribution in [0, 0.1) is 11.8 Å². The third-order valence-electron chi connectivity index (χ3n) is 5.14. The zero-order valence-electron chi connectivity index (χ0n) is 17.5. The average Bonchev–Trinajstić information content (AvgIpc) is 2.62. The Balaban J connectivity index is 2.02. The highest BCUT2D eigenvalue weighted by atomic mass is 19.4. The smallest absolute Gasteiger partial charge is 0.480 e. The van der Waals surface area contributed by atoms with Crippen molar-refractivity contribution in [3.05, 3.63) is 47.0 Å². The molecule has 0 fully saturated rings. The van der Waals surface area contributed by atoms with Gasteiger partial charge in [0.05, 0.1) is 0 Å². The molecule has 30 heavy (non-hydrogen) atoms. The van der Waals surface area contributed by atoms with Crippen molar-refractivity contribution in [3.8, 4) is 0 Å². The van der Waals surface area contributed by atoms with Crippen LogP contribution in [0.1, 0.15) is 53.4 Å². The van der Waals surface area contributed by atoms with E-state index in [1.54, 1.807) is 6.08 Å². The van der Waals surface area contributed by atoms with Crippen LogP contribution in [-0.2, 0) is 19.1 Å². The van der Waals surface area contributed by atoms with Crippen molar-refractivity contribution in [2.45, 2.75) is 65.3 Å². The molecule has 5 nitrogen and oxygen atoms in total. The molecule has 0 saturated carbocycles. The Kier molecular flexibility index (Phi) is 7.21. The number of carboxylic acids is 1. The van der Waals surface area contributed by atoms with Crippen LogP contribution >= 0.6 is 0 Å². The predicted molar refractivity (Wildman–Crippen MR) is 104 cm³/mol. The number of rotatable bonds is 7. The molecule has 0 spiro atoms. The van der Waals surface area contributed by atoms with Gasteiger partial charge in [0.2, 0.25) is 0 Å². The van der Waals surface area contributed by atoms with E-state index in [9.17, 15) is 27.9 Å². The lowest BCUT2D eigenvalue weighted by molar-refractivity contribution is -0.307. The number of hydrogen-bond donors (Lipinski definition) is 1. The van der Waals surface area contributed by atoms with Gasteiger partial charge in [-0.2, -0.15) is 0 Å². The van der Waals surface area contributed by atoms with Crippen LogP contribution in [0.5, 0.6) is 0 Å². The van der Waals surface area contributed by atoms with Gasteiger partial charge in [0.1, 0.15) is 11.5 Å². The number of allylic oxidation sites excluding steroid dienone is 8. The topological polar surface area (TPSA) is 72.8 Å². The van der Waals surface area contributed by atoms with Gasteiger partial charge in [-0.15, -0.1) is 13.2 Å². The van der Waals surface area contributed by atoms with Crippen molar-refractivity contribution >= 4 is 11.8 Å². The number of halogens is 3. The van der Waals surface area contributed by atoms with Crippen molar-refractivity contribution in [2.75, 3.05) is 0 Å². The average molecular weight is 428 g/mol. The first-order valence-electron chi connectivity index (χ1n) is 9.79. The van der Waals surface area contributed by atoms with Gasteiger partial charge in [0.25, 0.3) is 0 Å². The minimum absolute atomic E-state index is 0.0527. The summed E-state index contributed by atoms with van der Waals surface area (Å²) in [6, 6.07) is 0. The Bertz CT molecular complexity index is 815. The van der Waals surface area contributed by atoms with Gasteiger partial charge in [-0.3, -0.25) is 4.79 Å². The van der Waals surface area contributed by atoms with Gasteiger partial charge >= 0.3 is 12.3 Å². The molecule has 0 saturated heterocycles. The van der Waals surface area contributed by atoms with Crippen molar-refractivity contribution in [3.63, 3.8) is 0 Å². The minimum atomic E-state index is -4.71. The predicted octanol–water partition coefficient (Wildman–Crippen LogP) is 5.45. The normalized spacial score (nSPS) is 23.2. The third-order valence-corrected chi connectivity index (χ3v) is 5.14. The molecule has 0 aromatic heterocycles. The van der Waals surface area contributed by atoms with Crippen molar-refractivity contribution in [1.82, 2.24) is 0 Å². The SMILES string of the molecule is CC1=C(OC(C)(C)C(=O)O)C(C)CC(/C=C/C(=O)C2CC=C(OC(F)(F)F)CC2)=C1. The molecule has 0 radical (unpaired) electrons. The fourth-order valence-electron chi connectivity index (χ4n) is 3.49. The largest absolute Gasteiger partial charge is 0.572 e. The fourth-order valence-corrected chi connectivity index (χ4v) is 3.49. The summed E-state index contributed by atoms with van der Waals surface area (Å²) in [5.74, 6) is -1.14. The van der Waals surface area contributed by atoms with Gasteiger partial charge in [0, 0.05) is 18.3 Å². The number of aliphatic carboxylic acids is 1. The second-order valence-electron chi connectivity index (χ2n) is 8.21. The standard InChI is InChI=1S/C22H27F3O5/c1-13-11-15(12-14(2)19(13)30-21(3,4)20(27)28)5-10-18(26)16-6-8-17(9-7-16)29-22(23,24)25/h5,8,10-11,14,16H,6-7,9,12H2,1-4H3,(H,27,28)/b10-5+. The van der Waals surface area contributed by atoms with E-state index in [1.807, 2.05) is 19.9 Å². The van der Waals surface area contributed by atoms with Gasteiger partial charge < -0.3 is 14.6 Å². The van der Waals surface area contributed by atoms with Crippen molar-refractivity contribution in [1.29, 1.82) is 0 Å². The monoisotopic (exact) mass is 428 g/mol. The molecular weight excluding hydrogens is 401 g/mol. The second kappa shape index (κ2) is 9.10. The molecule has 2 unspecified atom stereocenters. The van der Waals surface area contributed by atoms with Gasteiger partial charge in [0.15, 0.2) is 11.4 Å². The molecule has 0 heterocycles. The lowest BCUT2D eigenvalue weighted by Gasteiger charge is -2.30. The summed E-state index contributed by atoms with van der Waals surface area (Å²) >= 11 is 0. The van der Waals surface area contributed by atoms with Crippen molar-refractivity contribution < 1.29 is 37.3 Å². The van der Waals surface area contributed by atoms with Gasteiger partial charge in [-0.1, -0.05) is 19.1 Å². The van der Waals surface area contributed by atoms with E-state index >= 15 is 0 Å². The fraction of sp³-hybridized carbons (Fsp3) is 0.545. The van der Waals surface area contributed by atoms with Crippen LogP contribution in [0.2, 0.25) is 0 Å². The van der Waals surface area contributed by atoms with E-state index < -0.39 is 17.9 Å². The maximum atomic E-state index is 12.4. The summed E-state index contributed by atoms with van der Waals surface area (Å²) in [5, 5.41) is 9.26. The molecule has 0 amide bonds. The van der Waals surface area contributed by atoms with Gasteiger partial charge in [-0.05, 0) is 63.3 Å². The number of alkyl halides is 3. The lowest BCUT2D eigenvalue weighted by atomic mass is 9.87. The Labute approximate surface area is 173 Å². The van der Waals surface area contributed by atoms with E-state index in [0.29, 0.717) is 18.6 Å². The van der Waals surface area contributed by atoms with E-state index in [0.717, 1.165) is 11.1 Å². The van der Waals surface area contributed by atoms with Crippen LogP contribution in [0.15, 0.2) is 47.0 Å². The summed E-state index contributed by atoms with van der Waals surface area (Å²) in [6.45, 7) is 6.73. The minimum Gasteiger partial charge on any atom is -0.480 e. The van der Waals surface area contributed by atoms with Crippen LogP contribution in [0.4, 0.5) is 13.2 Å². The quantitative estimate of drug-likeness (QED) is 0.546. The number of carbonyl (C=O) groups excluding carboxylic acids is 1. The first kappa shape index (κ1) is 23.8. The highest BCUT2D eigenvalue weighted by molar-refractivity contribution is 5.92.